The fourth-order valence-electron chi connectivity index (χ4n) is 1.86. The smallest absolute Gasteiger partial charge is 0.234 e. The summed E-state index contributed by atoms with van der Waals surface area (Å²) in [7, 11) is 0. The van der Waals surface area contributed by atoms with Crippen molar-refractivity contribution < 1.29 is 4.57 Å². The van der Waals surface area contributed by atoms with Gasteiger partial charge in [-0.3, -0.25) is 0 Å². The summed E-state index contributed by atoms with van der Waals surface area (Å²) in [5, 5.41) is 0. The molecule has 80 valence electrons. The molecule has 0 unspecified atom stereocenters. The van der Waals surface area contributed by atoms with Gasteiger partial charge in [0.15, 0.2) is 0 Å². The lowest BCUT2D eigenvalue weighted by Crippen LogP contribution is -2.37. The topological polar surface area (TPSA) is 8.81 Å². The number of aromatic nitrogens is 2. The lowest BCUT2D eigenvalue weighted by molar-refractivity contribution is -0.704. The number of rotatable bonds is 5. The quantitative estimate of drug-likeness (QED) is 0.639. The van der Waals surface area contributed by atoms with Gasteiger partial charge in [0.1, 0.15) is 12.4 Å². The standard InChI is InChI=1S/C12H23N2/c1-5-7-8-13-9-10-14(11(3)4)12(13)6-2/h9-11H,5-8H2,1-4H3/q+1. The van der Waals surface area contributed by atoms with Crippen LogP contribution in [0.3, 0.4) is 0 Å². The molecule has 14 heavy (non-hydrogen) atoms. The monoisotopic (exact) mass is 195 g/mol. The first kappa shape index (κ1) is 11.3. The molecule has 0 aliphatic carbocycles. The van der Waals surface area contributed by atoms with Crippen LogP contribution in [0.5, 0.6) is 0 Å². The summed E-state index contributed by atoms with van der Waals surface area (Å²) in [6, 6.07) is 0.577. The van der Waals surface area contributed by atoms with Gasteiger partial charge in [0.25, 0.3) is 5.82 Å². The molecule has 0 saturated heterocycles. The van der Waals surface area contributed by atoms with E-state index in [1.165, 1.54) is 25.2 Å². The lowest BCUT2D eigenvalue weighted by Gasteiger charge is -2.05. The first-order valence-electron chi connectivity index (χ1n) is 5.79. The Labute approximate surface area is 87.6 Å². The van der Waals surface area contributed by atoms with Gasteiger partial charge in [-0.25, -0.2) is 9.13 Å². The second-order valence-corrected chi connectivity index (χ2v) is 4.12. The molecule has 2 nitrogen and oxygen atoms in total. The van der Waals surface area contributed by atoms with Gasteiger partial charge < -0.3 is 0 Å². The first-order chi connectivity index (χ1) is 6.70. The Morgan fingerprint density at radius 2 is 2.07 bits per heavy atom. The Bertz CT molecular complexity index is 274. The first-order valence-corrected chi connectivity index (χ1v) is 5.79. The average Bonchev–Trinajstić information content (AvgIpc) is 2.57. The Balaban J connectivity index is 2.84. The highest BCUT2D eigenvalue weighted by atomic mass is 15.2. The van der Waals surface area contributed by atoms with Crippen LogP contribution in [0.1, 0.15) is 52.4 Å². The minimum atomic E-state index is 0.577. The van der Waals surface area contributed by atoms with Crippen molar-refractivity contribution in [2.45, 2.75) is 59.5 Å². The molecule has 0 aromatic carbocycles. The lowest BCUT2D eigenvalue weighted by atomic mass is 10.3. The van der Waals surface area contributed by atoms with Crippen LogP contribution in [0.25, 0.3) is 0 Å². The van der Waals surface area contributed by atoms with Crippen molar-refractivity contribution in [3.8, 4) is 0 Å². The molecule has 0 radical (unpaired) electrons. The SMILES string of the molecule is CCCC[n+]1ccn(C(C)C)c1CC. The van der Waals surface area contributed by atoms with Gasteiger partial charge in [-0.05, 0) is 20.3 Å². The van der Waals surface area contributed by atoms with Crippen molar-refractivity contribution in [1.82, 2.24) is 4.57 Å². The van der Waals surface area contributed by atoms with Crippen molar-refractivity contribution in [1.29, 1.82) is 0 Å². The number of imidazole rings is 1. The number of hydrogen-bond acceptors (Lipinski definition) is 0. The van der Waals surface area contributed by atoms with E-state index in [9.17, 15) is 0 Å². The summed E-state index contributed by atoms with van der Waals surface area (Å²) in [4.78, 5) is 0. The highest BCUT2D eigenvalue weighted by Gasteiger charge is 2.16. The van der Waals surface area contributed by atoms with Crippen LogP contribution in [0.2, 0.25) is 0 Å². The van der Waals surface area contributed by atoms with E-state index in [0.717, 1.165) is 6.42 Å². The van der Waals surface area contributed by atoms with E-state index in [1.54, 1.807) is 0 Å². The van der Waals surface area contributed by atoms with Gasteiger partial charge in [0.05, 0.1) is 12.6 Å². The molecular formula is C12H23N2+. The summed E-state index contributed by atoms with van der Waals surface area (Å²) in [5.74, 6) is 1.45. The summed E-state index contributed by atoms with van der Waals surface area (Å²) in [5.41, 5.74) is 0. The molecule has 0 saturated carbocycles. The van der Waals surface area contributed by atoms with Crippen LogP contribution in [0.15, 0.2) is 12.4 Å². The molecule has 0 spiro atoms. The van der Waals surface area contributed by atoms with Gasteiger partial charge in [0, 0.05) is 6.42 Å². The summed E-state index contributed by atoms with van der Waals surface area (Å²) >= 11 is 0. The van der Waals surface area contributed by atoms with Gasteiger partial charge >= 0.3 is 0 Å². The third-order valence-electron chi connectivity index (χ3n) is 2.66. The molecule has 0 N–H and O–H groups in total. The Morgan fingerprint density at radius 1 is 1.36 bits per heavy atom. The number of hydrogen-bond donors (Lipinski definition) is 0. The summed E-state index contributed by atoms with van der Waals surface area (Å²) in [6.45, 7) is 10.1. The second kappa shape index (κ2) is 5.18. The van der Waals surface area contributed by atoms with E-state index >= 15 is 0 Å². The fraction of sp³-hybridized carbons (Fsp3) is 0.750. The van der Waals surface area contributed by atoms with Crippen LogP contribution in [-0.2, 0) is 13.0 Å². The van der Waals surface area contributed by atoms with Crippen molar-refractivity contribution >= 4 is 0 Å². The van der Waals surface area contributed by atoms with E-state index in [-0.39, 0.29) is 0 Å². The summed E-state index contributed by atoms with van der Waals surface area (Å²) < 4.78 is 4.76. The molecule has 2 heteroatoms. The Morgan fingerprint density at radius 3 is 2.57 bits per heavy atom. The van der Waals surface area contributed by atoms with Crippen LogP contribution in [0.4, 0.5) is 0 Å². The molecule has 0 fully saturated rings. The van der Waals surface area contributed by atoms with Gasteiger partial charge in [-0.2, -0.15) is 0 Å². The van der Waals surface area contributed by atoms with Gasteiger partial charge in [0.2, 0.25) is 0 Å². The van der Waals surface area contributed by atoms with E-state index in [1.807, 2.05) is 0 Å². The molecule has 0 aliphatic heterocycles. The molecule has 1 rings (SSSR count). The third kappa shape index (κ3) is 2.37. The minimum absolute atomic E-state index is 0.577. The molecular weight excluding hydrogens is 172 g/mol. The maximum atomic E-state index is 2.39. The predicted molar refractivity (Wildman–Crippen MR) is 59.3 cm³/mol. The highest BCUT2D eigenvalue weighted by Crippen LogP contribution is 2.07. The highest BCUT2D eigenvalue weighted by molar-refractivity contribution is 4.85. The molecule has 0 atom stereocenters. The zero-order chi connectivity index (χ0) is 10.6. The molecule has 1 aromatic rings. The second-order valence-electron chi connectivity index (χ2n) is 4.12. The zero-order valence-electron chi connectivity index (χ0n) is 9.95. The molecule has 0 aliphatic rings. The number of aryl methyl sites for hydroxylation is 1. The molecule has 0 bridgehead atoms. The zero-order valence-corrected chi connectivity index (χ0v) is 9.95. The average molecular weight is 195 g/mol. The Kier molecular flexibility index (Phi) is 4.18. The maximum Gasteiger partial charge on any atom is 0.256 e. The Hall–Kier alpha value is -0.790. The van der Waals surface area contributed by atoms with Crippen LogP contribution in [-0.4, -0.2) is 4.57 Å². The van der Waals surface area contributed by atoms with Crippen molar-refractivity contribution in [2.24, 2.45) is 0 Å². The van der Waals surface area contributed by atoms with E-state index < -0.39 is 0 Å². The van der Waals surface area contributed by atoms with Gasteiger partial charge in [-0.15, -0.1) is 0 Å². The van der Waals surface area contributed by atoms with E-state index in [0.29, 0.717) is 6.04 Å². The van der Waals surface area contributed by atoms with Crippen molar-refractivity contribution in [3.63, 3.8) is 0 Å². The number of unbranched alkanes of at least 4 members (excludes halogenated alkanes) is 1. The van der Waals surface area contributed by atoms with E-state index in [4.69, 9.17) is 0 Å². The third-order valence-corrected chi connectivity index (χ3v) is 2.66. The van der Waals surface area contributed by atoms with Crippen LogP contribution >= 0.6 is 0 Å². The van der Waals surface area contributed by atoms with Crippen LogP contribution in [0, 0.1) is 0 Å². The number of nitrogens with zero attached hydrogens (tertiary/aromatic N) is 2. The normalized spacial score (nSPS) is 11.2. The van der Waals surface area contributed by atoms with E-state index in [2.05, 4.69) is 49.2 Å². The summed E-state index contributed by atoms with van der Waals surface area (Å²) in [6.07, 6.45) is 8.09. The van der Waals surface area contributed by atoms with Gasteiger partial charge in [-0.1, -0.05) is 20.3 Å². The minimum Gasteiger partial charge on any atom is -0.234 e. The largest absolute Gasteiger partial charge is 0.256 e. The predicted octanol–water partition coefficient (Wildman–Crippen LogP) is 2.72. The molecule has 1 heterocycles. The maximum absolute atomic E-state index is 2.39. The van der Waals surface area contributed by atoms with Crippen molar-refractivity contribution in [2.75, 3.05) is 0 Å². The fourth-order valence-corrected chi connectivity index (χ4v) is 1.86. The van der Waals surface area contributed by atoms with Crippen LogP contribution < -0.4 is 4.57 Å². The molecule has 0 amide bonds. The van der Waals surface area contributed by atoms with Crippen molar-refractivity contribution in [3.05, 3.63) is 18.2 Å². The molecule has 1 aromatic heterocycles.